The van der Waals surface area contributed by atoms with Crippen LogP contribution in [0.3, 0.4) is 0 Å². The second-order valence-corrected chi connectivity index (χ2v) is 5.67. The molecule has 0 aromatic heterocycles. The van der Waals surface area contributed by atoms with Gasteiger partial charge >= 0.3 is 0 Å². The molecule has 0 saturated heterocycles. The summed E-state index contributed by atoms with van der Waals surface area (Å²) in [7, 11) is 0. The van der Waals surface area contributed by atoms with Crippen molar-refractivity contribution in [2.75, 3.05) is 6.67 Å². The Kier molecular flexibility index (Phi) is 7.37. The first-order chi connectivity index (χ1) is 10.9. The number of aromatic hydroxyl groups is 2. The second kappa shape index (κ2) is 8.79. The quantitative estimate of drug-likeness (QED) is 0.618. The maximum Gasteiger partial charge on any atom is 0.129 e. The Morgan fingerprint density at radius 1 is 0.792 bits per heavy atom. The first kappa shape index (κ1) is 20.1. The summed E-state index contributed by atoms with van der Waals surface area (Å²) in [5, 5.41) is 19.9. The molecule has 2 aromatic carbocycles. The molecule has 4 nitrogen and oxygen atoms in total. The van der Waals surface area contributed by atoms with Crippen LogP contribution in [-0.4, -0.2) is 28.3 Å². The number of aliphatic imine (C=N–C) groups is 2. The number of phenols is 2. The van der Waals surface area contributed by atoms with E-state index in [-0.39, 0.29) is 39.2 Å². The Morgan fingerprint density at radius 2 is 1.17 bits per heavy atom. The normalized spacial score (nSPS) is 12.0. The topological polar surface area (TPSA) is 65.2 Å². The molecule has 0 aliphatic heterocycles. The summed E-state index contributed by atoms with van der Waals surface area (Å²) in [6.45, 7) is 7.80. The van der Waals surface area contributed by atoms with Crippen LogP contribution in [0.25, 0.3) is 0 Å². The molecule has 0 saturated carbocycles. The van der Waals surface area contributed by atoms with Gasteiger partial charge in [0.25, 0.3) is 0 Å². The molecule has 0 heterocycles. The van der Waals surface area contributed by atoms with Crippen molar-refractivity contribution in [1.82, 2.24) is 0 Å². The van der Waals surface area contributed by atoms with Crippen molar-refractivity contribution < 1.29 is 31.3 Å². The van der Waals surface area contributed by atoms with Crippen LogP contribution in [0.5, 0.6) is 11.5 Å². The number of phenolic OH excluding ortho intramolecular Hbond substituents is 2. The molecular weight excluding hydrogens is 483 g/mol. The molecule has 0 aliphatic carbocycles. The van der Waals surface area contributed by atoms with E-state index in [1.807, 2.05) is 52.0 Å². The molecule has 5 heteroatoms. The second-order valence-electron chi connectivity index (χ2n) is 5.67. The number of hydrogen-bond donors (Lipinski definition) is 2. The fourth-order valence-electron chi connectivity index (χ4n) is 2.31. The van der Waals surface area contributed by atoms with E-state index in [1.165, 1.54) is 0 Å². The summed E-state index contributed by atoms with van der Waals surface area (Å²) >= 11 is 0. The van der Waals surface area contributed by atoms with Gasteiger partial charge in [-0.15, -0.1) is 0 Å². The van der Waals surface area contributed by atoms with Gasteiger partial charge in [-0.05, 0) is 63.1 Å². The molecule has 0 unspecified atom stereocenters. The Labute approximate surface area is 157 Å². The fraction of sp³-hybridized carbons (Fsp3) is 0.263. The minimum absolute atomic E-state index is 0. The fourth-order valence-corrected chi connectivity index (χ4v) is 2.31. The monoisotopic (exact) mass is 505 g/mol. The van der Waals surface area contributed by atoms with Crippen molar-refractivity contribution in [3.8, 4) is 11.5 Å². The van der Waals surface area contributed by atoms with Crippen molar-refractivity contribution in [2.24, 2.45) is 9.98 Å². The zero-order valence-electron chi connectivity index (χ0n) is 14.3. The molecule has 0 spiro atoms. The number of hydrogen-bond acceptors (Lipinski definition) is 4. The zero-order valence-corrected chi connectivity index (χ0v) is 16.5. The molecule has 130 valence electrons. The van der Waals surface area contributed by atoms with Crippen molar-refractivity contribution in [3.05, 3.63) is 58.7 Å². The molecule has 0 atom stereocenters. The minimum atomic E-state index is 0. The maximum absolute atomic E-state index is 9.96. The third-order valence-electron chi connectivity index (χ3n) is 3.70. The molecule has 0 aliphatic rings. The van der Waals surface area contributed by atoms with Crippen LogP contribution in [0, 0.1) is 13.8 Å². The number of rotatable bonds is 4. The largest absolute Gasteiger partial charge is 0.507 e. The molecule has 2 rings (SSSR count). The van der Waals surface area contributed by atoms with Gasteiger partial charge in [0.15, 0.2) is 0 Å². The summed E-state index contributed by atoms with van der Waals surface area (Å²) in [5.74, 6) is 0.450. The summed E-state index contributed by atoms with van der Waals surface area (Å²) in [4.78, 5) is 8.77. The molecule has 2 N–H and O–H groups in total. The molecule has 0 amide bonds. The molecule has 0 bridgehead atoms. The standard InChI is InChI=1S/C19H22N2O2.Pt/c1-12-5-7-16(18(22)9-12)14(3)20-11-21-15(4)17-8-6-13(2)10-19(17)23;/h5-10,22-23H,11H2,1-4H3;/b20-14+,21-15+;. The van der Waals surface area contributed by atoms with Crippen molar-refractivity contribution in [3.63, 3.8) is 0 Å². The third-order valence-corrected chi connectivity index (χ3v) is 3.70. The Bertz CT molecular complexity index is 717. The van der Waals surface area contributed by atoms with Crippen LogP contribution in [0.4, 0.5) is 0 Å². The van der Waals surface area contributed by atoms with Gasteiger partial charge in [-0.1, -0.05) is 12.1 Å². The zero-order chi connectivity index (χ0) is 17.0. The van der Waals surface area contributed by atoms with Gasteiger partial charge in [0.2, 0.25) is 0 Å². The van der Waals surface area contributed by atoms with Crippen molar-refractivity contribution >= 4 is 11.4 Å². The molecule has 0 radical (unpaired) electrons. The van der Waals surface area contributed by atoms with Gasteiger partial charge in [0.05, 0.1) is 0 Å². The van der Waals surface area contributed by atoms with Crippen molar-refractivity contribution in [1.29, 1.82) is 0 Å². The van der Waals surface area contributed by atoms with E-state index in [1.54, 1.807) is 12.1 Å². The van der Waals surface area contributed by atoms with E-state index < -0.39 is 0 Å². The Hall–Kier alpha value is -1.93. The van der Waals surface area contributed by atoms with Gasteiger partial charge in [0, 0.05) is 43.6 Å². The average Bonchev–Trinajstić information content (AvgIpc) is 2.46. The van der Waals surface area contributed by atoms with Crippen LogP contribution >= 0.6 is 0 Å². The summed E-state index contributed by atoms with van der Waals surface area (Å²) in [6, 6.07) is 11.0. The minimum Gasteiger partial charge on any atom is -0.507 e. The van der Waals surface area contributed by atoms with Gasteiger partial charge < -0.3 is 10.2 Å². The van der Waals surface area contributed by atoms with E-state index in [2.05, 4.69) is 9.98 Å². The predicted molar refractivity (Wildman–Crippen MR) is 95.0 cm³/mol. The number of aryl methyl sites for hydroxylation is 2. The van der Waals surface area contributed by atoms with E-state index in [0.717, 1.165) is 22.6 Å². The molecular formula is C19H22N2O2Pt. The smallest absolute Gasteiger partial charge is 0.129 e. The molecule has 24 heavy (non-hydrogen) atoms. The third kappa shape index (κ3) is 5.04. The first-order valence-corrected chi connectivity index (χ1v) is 7.50. The van der Waals surface area contributed by atoms with E-state index in [0.29, 0.717) is 11.1 Å². The Morgan fingerprint density at radius 3 is 1.50 bits per heavy atom. The van der Waals surface area contributed by atoms with Gasteiger partial charge in [-0.2, -0.15) is 0 Å². The van der Waals surface area contributed by atoms with E-state index in [4.69, 9.17) is 0 Å². The average molecular weight is 505 g/mol. The molecule has 0 fully saturated rings. The van der Waals surface area contributed by atoms with E-state index >= 15 is 0 Å². The van der Waals surface area contributed by atoms with Crippen LogP contribution in [0.15, 0.2) is 46.4 Å². The predicted octanol–water partition coefficient (Wildman–Crippen LogP) is 3.99. The van der Waals surface area contributed by atoms with Crippen LogP contribution in [0.2, 0.25) is 0 Å². The first-order valence-electron chi connectivity index (χ1n) is 7.50. The summed E-state index contributed by atoms with van der Waals surface area (Å²) in [5.41, 5.74) is 4.88. The molecule has 2 aromatic rings. The van der Waals surface area contributed by atoms with Crippen LogP contribution < -0.4 is 0 Å². The van der Waals surface area contributed by atoms with Gasteiger partial charge in [-0.25, -0.2) is 0 Å². The SMILES string of the molecule is C/C(=N\C/N=C(\C)c1ccc(C)cc1O)c1ccc(C)cc1O.[Pt]. The van der Waals surface area contributed by atoms with Crippen LogP contribution in [-0.2, 0) is 21.1 Å². The number of nitrogens with zero attached hydrogens (tertiary/aromatic N) is 2. The van der Waals surface area contributed by atoms with Gasteiger partial charge in [0.1, 0.15) is 18.2 Å². The van der Waals surface area contributed by atoms with Gasteiger partial charge in [-0.3, -0.25) is 9.98 Å². The summed E-state index contributed by atoms with van der Waals surface area (Å²) < 4.78 is 0. The summed E-state index contributed by atoms with van der Waals surface area (Å²) in [6.07, 6.45) is 0. The van der Waals surface area contributed by atoms with E-state index in [9.17, 15) is 10.2 Å². The van der Waals surface area contributed by atoms with Crippen molar-refractivity contribution in [2.45, 2.75) is 27.7 Å². The number of benzene rings is 2. The Balaban J connectivity index is 0.00000288. The maximum atomic E-state index is 9.96. The van der Waals surface area contributed by atoms with Crippen LogP contribution in [0.1, 0.15) is 36.1 Å².